The normalized spacial score (nSPS) is 10.1. The molecule has 0 aliphatic carbocycles. The van der Waals surface area contributed by atoms with Gasteiger partial charge in [-0.15, -0.1) is 0 Å². The van der Waals surface area contributed by atoms with Crippen molar-refractivity contribution in [3.63, 3.8) is 0 Å². The summed E-state index contributed by atoms with van der Waals surface area (Å²) in [4.78, 5) is 11.6. The van der Waals surface area contributed by atoms with Gasteiger partial charge in [0.2, 0.25) is 0 Å². The lowest BCUT2D eigenvalue weighted by molar-refractivity contribution is -0.134. The van der Waals surface area contributed by atoms with Crippen LogP contribution in [-0.4, -0.2) is 19.7 Å². The van der Waals surface area contributed by atoms with E-state index < -0.39 is 0 Å². The molecule has 0 aliphatic heterocycles. The van der Waals surface area contributed by atoms with Gasteiger partial charge in [0.1, 0.15) is 23.1 Å². The third-order valence-corrected chi connectivity index (χ3v) is 2.90. The van der Waals surface area contributed by atoms with Crippen LogP contribution in [0.1, 0.15) is 12.8 Å². The first-order valence-corrected chi connectivity index (χ1v) is 6.90. The molecule has 0 radical (unpaired) electrons. The van der Waals surface area contributed by atoms with E-state index in [9.17, 15) is 9.18 Å². The number of methoxy groups -OCH3 is 1. The number of hydrogen-bond donors (Lipinski definition) is 0. The van der Waals surface area contributed by atoms with Crippen LogP contribution in [0.2, 0.25) is 0 Å². The molecular formula is C17H17FO4. The van der Waals surface area contributed by atoms with Gasteiger partial charge in [0.15, 0.2) is 0 Å². The topological polar surface area (TPSA) is 44.8 Å². The van der Waals surface area contributed by atoms with Crippen molar-refractivity contribution in [1.29, 1.82) is 0 Å². The molecule has 5 heteroatoms. The maximum Gasteiger partial charge on any atom is 0.311 e. The van der Waals surface area contributed by atoms with Crippen LogP contribution in [-0.2, 0) is 4.79 Å². The van der Waals surface area contributed by atoms with Crippen molar-refractivity contribution >= 4 is 5.97 Å². The largest absolute Gasteiger partial charge is 0.497 e. The van der Waals surface area contributed by atoms with Crippen LogP contribution in [0.15, 0.2) is 48.5 Å². The van der Waals surface area contributed by atoms with E-state index in [1.54, 1.807) is 31.4 Å². The zero-order chi connectivity index (χ0) is 15.8. The van der Waals surface area contributed by atoms with Gasteiger partial charge in [0.25, 0.3) is 0 Å². The Morgan fingerprint density at radius 2 is 1.55 bits per heavy atom. The number of carbonyl (C=O) groups excluding carboxylic acids is 1. The van der Waals surface area contributed by atoms with E-state index in [1.165, 1.54) is 24.3 Å². The van der Waals surface area contributed by atoms with Gasteiger partial charge in [0, 0.05) is 6.42 Å². The highest BCUT2D eigenvalue weighted by atomic mass is 19.1. The average molecular weight is 304 g/mol. The van der Waals surface area contributed by atoms with E-state index >= 15 is 0 Å². The van der Waals surface area contributed by atoms with E-state index in [2.05, 4.69) is 0 Å². The third-order valence-electron chi connectivity index (χ3n) is 2.90. The molecule has 0 amide bonds. The minimum absolute atomic E-state index is 0.230. The molecule has 0 atom stereocenters. The standard InChI is InChI=1S/C17H17FO4/c1-20-14-8-10-15(11-9-14)21-12-2-3-17(19)22-16-6-4-13(18)5-7-16/h4-11H,2-3,12H2,1H3. The first-order valence-electron chi connectivity index (χ1n) is 6.90. The van der Waals surface area contributed by atoms with Crippen molar-refractivity contribution < 1.29 is 23.4 Å². The quantitative estimate of drug-likeness (QED) is 0.445. The van der Waals surface area contributed by atoms with Crippen LogP contribution < -0.4 is 14.2 Å². The van der Waals surface area contributed by atoms with Crippen LogP contribution >= 0.6 is 0 Å². The monoisotopic (exact) mass is 304 g/mol. The van der Waals surface area contributed by atoms with Crippen LogP contribution in [0.5, 0.6) is 17.2 Å². The minimum Gasteiger partial charge on any atom is -0.497 e. The van der Waals surface area contributed by atoms with Gasteiger partial charge in [-0.3, -0.25) is 4.79 Å². The van der Waals surface area contributed by atoms with Crippen molar-refractivity contribution in [1.82, 2.24) is 0 Å². The van der Waals surface area contributed by atoms with E-state index in [1.807, 2.05) is 0 Å². The number of benzene rings is 2. The summed E-state index contributed by atoms with van der Waals surface area (Å²) in [6.07, 6.45) is 0.763. The number of rotatable bonds is 7. The average Bonchev–Trinajstić information content (AvgIpc) is 2.54. The summed E-state index contributed by atoms with van der Waals surface area (Å²) in [6.45, 7) is 0.408. The van der Waals surface area contributed by atoms with E-state index in [4.69, 9.17) is 14.2 Å². The first-order chi connectivity index (χ1) is 10.7. The van der Waals surface area contributed by atoms with Gasteiger partial charge in [0.05, 0.1) is 13.7 Å². The van der Waals surface area contributed by atoms with Crippen molar-refractivity contribution in [3.05, 3.63) is 54.3 Å². The fraction of sp³-hybridized carbons (Fsp3) is 0.235. The summed E-state index contributed by atoms with van der Waals surface area (Å²) in [6, 6.07) is 12.5. The molecule has 0 aliphatic rings. The van der Waals surface area contributed by atoms with Gasteiger partial charge in [-0.1, -0.05) is 0 Å². The number of esters is 1. The molecular weight excluding hydrogens is 287 g/mol. The first kappa shape index (κ1) is 15.8. The highest BCUT2D eigenvalue weighted by molar-refractivity contribution is 5.72. The summed E-state index contributed by atoms with van der Waals surface area (Å²) < 4.78 is 28.3. The lowest BCUT2D eigenvalue weighted by Crippen LogP contribution is -2.09. The molecule has 2 aromatic carbocycles. The van der Waals surface area contributed by atoms with Crippen molar-refractivity contribution in [2.45, 2.75) is 12.8 Å². The Kier molecular flexibility index (Phi) is 5.77. The summed E-state index contributed by atoms with van der Waals surface area (Å²) in [5, 5.41) is 0. The smallest absolute Gasteiger partial charge is 0.311 e. The summed E-state index contributed by atoms with van der Waals surface area (Å²) >= 11 is 0. The lowest BCUT2D eigenvalue weighted by atomic mass is 10.3. The molecule has 0 heterocycles. The Labute approximate surface area is 128 Å². The zero-order valence-corrected chi connectivity index (χ0v) is 12.3. The summed E-state index contributed by atoms with van der Waals surface area (Å²) in [5.41, 5.74) is 0. The van der Waals surface area contributed by atoms with Crippen LogP contribution in [0.4, 0.5) is 4.39 Å². The molecule has 4 nitrogen and oxygen atoms in total. The molecule has 0 spiro atoms. The SMILES string of the molecule is COc1ccc(OCCCC(=O)Oc2ccc(F)cc2)cc1. The van der Waals surface area contributed by atoms with E-state index in [0.717, 1.165) is 5.75 Å². The molecule has 0 aromatic heterocycles. The molecule has 22 heavy (non-hydrogen) atoms. The van der Waals surface area contributed by atoms with Crippen LogP contribution in [0.3, 0.4) is 0 Å². The summed E-state index contributed by atoms with van der Waals surface area (Å²) in [7, 11) is 1.60. The fourth-order valence-electron chi connectivity index (χ4n) is 1.76. The second-order valence-electron chi connectivity index (χ2n) is 4.56. The molecule has 0 unspecified atom stereocenters. The molecule has 0 fully saturated rings. The second kappa shape index (κ2) is 8.02. The van der Waals surface area contributed by atoms with Crippen LogP contribution in [0, 0.1) is 5.82 Å². The Balaban J connectivity index is 1.67. The molecule has 2 aromatic rings. The second-order valence-corrected chi connectivity index (χ2v) is 4.56. The van der Waals surface area contributed by atoms with Gasteiger partial charge < -0.3 is 14.2 Å². The Bertz CT molecular complexity index is 593. The van der Waals surface area contributed by atoms with E-state index in [0.29, 0.717) is 24.5 Å². The molecule has 116 valence electrons. The molecule has 0 N–H and O–H groups in total. The summed E-state index contributed by atoms with van der Waals surface area (Å²) in [5.74, 6) is 1.07. The fourth-order valence-corrected chi connectivity index (χ4v) is 1.76. The number of ether oxygens (including phenoxy) is 3. The number of hydrogen-bond acceptors (Lipinski definition) is 4. The zero-order valence-electron chi connectivity index (χ0n) is 12.3. The maximum absolute atomic E-state index is 12.7. The minimum atomic E-state index is -0.370. The van der Waals surface area contributed by atoms with Gasteiger partial charge in [-0.25, -0.2) is 4.39 Å². The molecule has 0 saturated carbocycles. The number of carbonyl (C=O) groups is 1. The van der Waals surface area contributed by atoms with Gasteiger partial charge in [-0.2, -0.15) is 0 Å². The van der Waals surface area contributed by atoms with Crippen LogP contribution in [0.25, 0.3) is 0 Å². The Morgan fingerprint density at radius 1 is 0.955 bits per heavy atom. The number of halogens is 1. The lowest BCUT2D eigenvalue weighted by Gasteiger charge is -2.07. The van der Waals surface area contributed by atoms with Crippen molar-refractivity contribution in [2.75, 3.05) is 13.7 Å². The van der Waals surface area contributed by atoms with E-state index in [-0.39, 0.29) is 18.2 Å². The van der Waals surface area contributed by atoms with Gasteiger partial charge >= 0.3 is 5.97 Å². The predicted molar refractivity (Wildman–Crippen MR) is 79.8 cm³/mol. The predicted octanol–water partition coefficient (Wildman–Crippen LogP) is 3.60. The highest BCUT2D eigenvalue weighted by Gasteiger charge is 2.05. The van der Waals surface area contributed by atoms with Crippen molar-refractivity contribution in [3.8, 4) is 17.2 Å². The Hall–Kier alpha value is -2.56. The highest BCUT2D eigenvalue weighted by Crippen LogP contribution is 2.17. The van der Waals surface area contributed by atoms with Crippen molar-refractivity contribution in [2.24, 2.45) is 0 Å². The van der Waals surface area contributed by atoms with Gasteiger partial charge in [-0.05, 0) is 55.0 Å². The Morgan fingerprint density at radius 3 is 2.18 bits per heavy atom. The molecule has 0 saturated heterocycles. The third kappa shape index (κ3) is 5.09. The molecule has 0 bridgehead atoms. The maximum atomic E-state index is 12.7. The molecule has 2 rings (SSSR count).